The van der Waals surface area contributed by atoms with Gasteiger partial charge in [0, 0.05) is 0 Å². The van der Waals surface area contributed by atoms with Crippen LogP contribution >= 0.6 is 0 Å². The van der Waals surface area contributed by atoms with Crippen molar-refractivity contribution in [3.8, 4) is 0 Å². The quantitative estimate of drug-likeness (QED) is 0.561. The molecule has 1 saturated carbocycles. The molecular weight excluding hydrogens is 167 g/mol. The van der Waals surface area contributed by atoms with E-state index in [0.717, 1.165) is 6.71 Å². The molecule has 0 amide bonds. The molecule has 82 valence electrons. The fraction of sp³-hybridized carbons (Fsp3) is 1.00. The molecule has 1 aliphatic rings. The summed E-state index contributed by atoms with van der Waals surface area (Å²) in [6.07, 6.45) is 8.51. The molecule has 1 atom stereocenters. The topological polar surface area (TPSA) is 0 Å². The van der Waals surface area contributed by atoms with Crippen molar-refractivity contribution < 1.29 is 0 Å². The van der Waals surface area contributed by atoms with Gasteiger partial charge < -0.3 is 0 Å². The second kappa shape index (κ2) is 4.29. The summed E-state index contributed by atoms with van der Waals surface area (Å²) >= 11 is 0. The molecular formula is C13H27B. The number of hydrogen-bond acceptors (Lipinski definition) is 0. The van der Waals surface area contributed by atoms with Gasteiger partial charge in [-0.05, 0) is 17.2 Å². The lowest BCUT2D eigenvalue weighted by atomic mass is 9.26. The first-order chi connectivity index (χ1) is 6.44. The van der Waals surface area contributed by atoms with E-state index in [2.05, 4.69) is 34.5 Å². The van der Waals surface area contributed by atoms with Crippen LogP contribution in [0.25, 0.3) is 0 Å². The van der Waals surface area contributed by atoms with Gasteiger partial charge in [-0.2, -0.15) is 0 Å². The average Bonchev–Trinajstić information content (AvgIpc) is 2.10. The van der Waals surface area contributed by atoms with Crippen LogP contribution in [0.3, 0.4) is 0 Å². The second-order valence-corrected chi connectivity index (χ2v) is 6.20. The zero-order chi connectivity index (χ0) is 10.8. The van der Waals surface area contributed by atoms with Gasteiger partial charge in [0.25, 0.3) is 0 Å². The Hall–Kier alpha value is 0.0649. The summed E-state index contributed by atoms with van der Waals surface area (Å²) in [7, 11) is 0. The Kier molecular flexibility index (Phi) is 3.72. The van der Waals surface area contributed by atoms with Gasteiger partial charge in [0.15, 0.2) is 0 Å². The molecule has 0 saturated heterocycles. The molecule has 0 aliphatic heterocycles. The van der Waals surface area contributed by atoms with Crippen molar-refractivity contribution in [3.63, 3.8) is 0 Å². The van der Waals surface area contributed by atoms with Gasteiger partial charge in [0.2, 0.25) is 0 Å². The summed E-state index contributed by atoms with van der Waals surface area (Å²) in [5.74, 6) is 0. The molecule has 0 unspecified atom stereocenters. The van der Waals surface area contributed by atoms with Crippen LogP contribution in [0.5, 0.6) is 0 Å². The summed E-state index contributed by atoms with van der Waals surface area (Å²) in [4.78, 5) is 0. The SMILES string of the molecule is CCCB(C)[C@@]1(C)CCCCC1(C)C. The summed E-state index contributed by atoms with van der Waals surface area (Å²) in [5, 5.41) is 0.585. The molecule has 0 heterocycles. The van der Waals surface area contributed by atoms with Gasteiger partial charge in [-0.3, -0.25) is 0 Å². The second-order valence-electron chi connectivity index (χ2n) is 6.20. The maximum atomic E-state index is 2.53. The minimum absolute atomic E-state index is 0.555. The molecule has 14 heavy (non-hydrogen) atoms. The standard InChI is InChI=1S/C13H27B/c1-6-11-14(5)13(4)10-8-7-9-12(13,2)3/h6-11H2,1-5H3/t13-/m0/s1. The molecule has 0 aromatic rings. The van der Waals surface area contributed by atoms with Crippen LogP contribution in [0, 0.1) is 5.41 Å². The van der Waals surface area contributed by atoms with Gasteiger partial charge in [-0.15, -0.1) is 0 Å². The van der Waals surface area contributed by atoms with Crippen LogP contribution in [0.4, 0.5) is 0 Å². The lowest BCUT2D eigenvalue weighted by Gasteiger charge is -2.51. The monoisotopic (exact) mass is 194 g/mol. The maximum absolute atomic E-state index is 2.53. The molecule has 0 aromatic heterocycles. The molecule has 0 N–H and O–H groups in total. The Bertz CT molecular complexity index is 186. The van der Waals surface area contributed by atoms with E-state index in [9.17, 15) is 0 Å². The van der Waals surface area contributed by atoms with Crippen LogP contribution in [-0.2, 0) is 0 Å². The van der Waals surface area contributed by atoms with Crippen molar-refractivity contribution in [2.24, 2.45) is 5.41 Å². The minimum atomic E-state index is 0.555. The van der Waals surface area contributed by atoms with Crippen molar-refractivity contribution in [2.75, 3.05) is 0 Å². The van der Waals surface area contributed by atoms with Gasteiger partial charge in [-0.1, -0.05) is 66.5 Å². The Morgan fingerprint density at radius 2 is 1.64 bits per heavy atom. The zero-order valence-corrected chi connectivity index (χ0v) is 10.8. The minimum Gasteiger partial charge on any atom is -0.0856 e. The third-order valence-electron chi connectivity index (χ3n) is 5.10. The predicted molar refractivity (Wildman–Crippen MR) is 67.3 cm³/mol. The highest BCUT2D eigenvalue weighted by Gasteiger charge is 2.46. The Labute approximate surface area is 90.9 Å². The largest absolute Gasteiger partial charge is 0.143 e. The number of rotatable bonds is 3. The fourth-order valence-electron chi connectivity index (χ4n) is 3.35. The first-order valence-electron chi connectivity index (χ1n) is 6.44. The van der Waals surface area contributed by atoms with Gasteiger partial charge in [0.1, 0.15) is 6.71 Å². The Balaban J connectivity index is 2.77. The Morgan fingerprint density at radius 1 is 1.07 bits per heavy atom. The van der Waals surface area contributed by atoms with Crippen molar-refractivity contribution in [3.05, 3.63) is 0 Å². The molecule has 0 aromatic carbocycles. The van der Waals surface area contributed by atoms with Crippen molar-refractivity contribution in [2.45, 2.75) is 78.3 Å². The van der Waals surface area contributed by atoms with E-state index >= 15 is 0 Å². The van der Waals surface area contributed by atoms with E-state index in [1.807, 2.05) is 0 Å². The summed E-state index contributed by atoms with van der Waals surface area (Å²) in [5.41, 5.74) is 0.555. The lowest BCUT2D eigenvalue weighted by Crippen LogP contribution is -2.42. The van der Waals surface area contributed by atoms with Crippen molar-refractivity contribution >= 4 is 6.71 Å². The van der Waals surface area contributed by atoms with Gasteiger partial charge >= 0.3 is 0 Å². The third kappa shape index (κ3) is 2.02. The van der Waals surface area contributed by atoms with E-state index in [1.165, 1.54) is 38.4 Å². The third-order valence-corrected chi connectivity index (χ3v) is 5.10. The highest BCUT2D eigenvalue weighted by molar-refractivity contribution is 6.61. The van der Waals surface area contributed by atoms with E-state index in [-0.39, 0.29) is 0 Å². The molecule has 1 aliphatic carbocycles. The molecule has 0 nitrogen and oxygen atoms in total. The summed E-state index contributed by atoms with van der Waals surface area (Å²) in [6, 6.07) is 0. The van der Waals surface area contributed by atoms with Crippen molar-refractivity contribution in [1.29, 1.82) is 0 Å². The first-order valence-corrected chi connectivity index (χ1v) is 6.44. The molecule has 0 bridgehead atoms. The molecule has 0 spiro atoms. The smallest absolute Gasteiger partial charge is 0.0856 e. The first kappa shape index (κ1) is 12.1. The molecule has 1 fully saturated rings. The van der Waals surface area contributed by atoms with Crippen LogP contribution in [0.2, 0.25) is 18.5 Å². The molecule has 1 heteroatoms. The van der Waals surface area contributed by atoms with E-state index < -0.39 is 0 Å². The van der Waals surface area contributed by atoms with Gasteiger partial charge in [-0.25, -0.2) is 0 Å². The average molecular weight is 194 g/mol. The Morgan fingerprint density at radius 3 is 2.14 bits per heavy atom. The molecule has 0 radical (unpaired) electrons. The van der Waals surface area contributed by atoms with E-state index in [4.69, 9.17) is 0 Å². The fourth-order valence-corrected chi connectivity index (χ4v) is 3.35. The predicted octanol–water partition coefficient (Wildman–Crippen LogP) is 4.88. The van der Waals surface area contributed by atoms with Crippen LogP contribution < -0.4 is 0 Å². The van der Waals surface area contributed by atoms with E-state index in [0.29, 0.717) is 10.7 Å². The van der Waals surface area contributed by atoms with Crippen LogP contribution in [0.1, 0.15) is 59.8 Å². The normalized spacial score (nSPS) is 31.5. The lowest BCUT2D eigenvalue weighted by molar-refractivity contribution is 0.164. The van der Waals surface area contributed by atoms with Crippen LogP contribution in [0.15, 0.2) is 0 Å². The highest BCUT2D eigenvalue weighted by atomic mass is 14.4. The maximum Gasteiger partial charge on any atom is 0.143 e. The summed E-state index contributed by atoms with van der Waals surface area (Å²) in [6.45, 7) is 13.2. The number of hydrogen-bond donors (Lipinski definition) is 0. The van der Waals surface area contributed by atoms with E-state index in [1.54, 1.807) is 0 Å². The molecule has 1 rings (SSSR count). The van der Waals surface area contributed by atoms with Gasteiger partial charge in [0.05, 0.1) is 0 Å². The van der Waals surface area contributed by atoms with Crippen LogP contribution in [-0.4, -0.2) is 6.71 Å². The summed E-state index contributed by atoms with van der Waals surface area (Å²) < 4.78 is 0. The van der Waals surface area contributed by atoms with Crippen molar-refractivity contribution in [1.82, 2.24) is 0 Å². The highest BCUT2D eigenvalue weighted by Crippen LogP contribution is 2.58. The zero-order valence-electron chi connectivity index (χ0n) is 10.8.